The summed E-state index contributed by atoms with van der Waals surface area (Å²) in [4.78, 5) is 9.66. The summed E-state index contributed by atoms with van der Waals surface area (Å²) in [5, 5.41) is 2.61. The molecule has 0 aromatic heterocycles. The molecule has 1 amide bonds. The van der Waals surface area contributed by atoms with Gasteiger partial charge in [-0.2, -0.15) is 0 Å². The second-order valence-corrected chi connectivity index (χ2v) is 2.98. The molecule has 0 spiro atoms. The molecule has 0 aromatic carbocycles. The van der Waals surface area contributed by atoms with Crippen molar-refractivity contribution in [2.75, 3.05) is 0 Å². The number of rotatable bonds is 4. The van der Waals surface area contributed by atoms with Gasteiger partial charge in [0.2, 0.25) is 6.41 Å². The highest BCUT2D eigenvalue weighted by Crippen LogP contribution is 1.82. The van der Waals surface area contributed by atoms with Crippen molar-refractivity contribution in [3.05, 3.63) is 0 Å². The molecule has 0 heterocycles. The Kier molecular flexibility index (Phi) is 12.2. The predicted octanol–water partition coefficient (Wildman–Crippen LogP) is 1.27. The fourth-order valence-corrected chi connectivity index (χ4v) is 0.234. The van der Waals surface area contributed by atoms with Gasteiger partial charge in [0.25, 0.3) is 0 Å². The summed E-state index contributed by atoms with van der Waals surface area (Å²) < 4.78 is 0. The Labute approximate surface area is 75.7 Å². The molecule has 0 rings (SSSR count). The van der Waals surface area contributed by atoms with Gasteiger partial charge in [-0.15, -0.1) is 0 Å². The van der Waals surface area contributed by atoms with E-state index in [1.54, 1.807) is 0 Å². The molecule has 2 atom stereocenters. The van der Waals surface area contributed by atoms with E-state index in [2.05, 4.69) is 12.2 Å². The van der Waals surface area contributed by atoms with Crippen LogP contribution in [0.1, 0.15) is 40.5 Å². The molecule has 0 bridgehead atoms. The average Bonchev–Trinajstić information content (AvgIpc) is 2.06. The Hall–Kier alpha value is -0.570. The smallest absolute Gasteiger partial charge is 0.207 e. The van der Waals surface area contributed by atoms with Crippen molar-refractivity contribution in [2.45, 2.75) is 52.6 Å². The highest BCUT2D eigenvalue weighted by atomic mass is 16.1. The van der Waals surface area contributed by atoms with Crippen LogP contribution in [0.4, 0.5) is 0 Å². The van der Waals surface area contributed by atoms with Crippen LogP contribution in [0, 0.1) is 0 Å². The molecule has 0 aliphatic heterocycles. The van der Waals surface area contributed by atoms with Gasteiger partial charge in [-0.3, -0.25) is 4.79 Å². The highest BCUT2D eigenvalue weighted by Gasteiger charge is 1.89. The normalized spacial score (nSPS) is 13.8. The number of amides is 1. The second-order valence-electron chi connectivity index (χ2n) is 2.98. The molecule has 3 heteroatoms. The summed E-state index contributed by atoms with van der Waals surface area (Å²) >= 11 is 0. The van der Waals surface area contributed by atoms with Crippen molar-refractivity contribution in [1.29, 1.82) is 0 Å². The van der Waals surface area contributed by atoms with Crippen LogP contribution in [0.25, 0.3) is 0 Å². The van der Waals surface area contributed by atoms with E-state index in [1.165, 1.54) is 0 Å². The highest BCUT2D eigenvalue weighted by molar-refractivity contribution is 5.46. The Morgan fingerprint density at radius 2 is 1.75 bits per heavy atom. The predicted molar refractivity (Wildman–Crippen MR) is 52.9 cm³/mol. The summed E-state index contributed by atoms with van der Waals surface area (Å²) in [7, 11) is 0. The Morgan fingerprint density at radius 1 is 1.33 bits per heavy atom. The Bertz CT molecular complexity index is 94.5. The molecule has 74 valence electrons. The number of hydrogen-bond donors (Lipinski definition) is 2. The average molecular weight is 174 g/mol. The zero-order valence-electron chi connectivity index (χ0n) is 8.63. The quantitative estimate of drug-likeness (QED) is 0.631. The third-order valence-corrected chi connectivity index (χ3v) is 1.61. The SMILES string of the molecule is CCC(C)N.CCC(C)NC=O. The third-order valence-electron chi connectivity index (χ3n) is 1.61. The Morgan fingerprint density at radius 3 is 1.83 bits per heavy atom. The topological polar surface area (TPSA) is 55.1 Å². The summed E-state index contributed by atoms with van der Waals surface area (Å²) in [5.74, 6) is 0. The fraction of sp³-hybridized carbons (Fsp3) is 0.889. The van der Waals surface area contributed by atoms with Crippen molar-refractivity contribution >= 4 is 6.41 Å². The molecule has 0 aliphatic rings. The first-order valence-corrected chi connectivity index (χ1v) is 4.53. The molecule has 3 nitrogen and oxygen atoms in total. The van der Waals surface area contributed by atoms with E-state index < -0.39 is 0 Å². The molecule has 2 unspecified atom stereocenters. The first-order valence-electron chi connectivity index (χ1n) is 4.53. The molecule has 0 aliphatic carbocycles. The van der Waals surface area contributed by atoms with Gasteiger partial charge in [-0.1, -0.05) is 13.8 Å². The lowest BCUT2D eigenvalue weighted by Gasteiger charge is -2.02. The maximum atomic E-state index is 9.66. The summed E-state index contributed by atoms with van der Waals surface area (Å²) in [5.41, 5.74) is 5.29. The lowest BCUT2D eigenvalue weighted by Crippen LogP contribution is -2.22. The van der Waals surface area contributed by atoms with Crippen LogP contribution < -0.4 is 11.1 Å². The maximum absolute atomic E-state index is 9.66. The van der Waals surface area contributed by atoms with Crippen LogP contribution in [0.3, 0.4) is 0 Å². The van der Waals surface area contributed by atoms with Gasteiger partial charge < -0.3 is 11.1 Å². The lowest BCUT2D eigenvalue weighted by molar-refractivity contribution is -0.110. The van der Waals surface area contributed by atoms with E-state index in [1.807, 2.05) is 20.8 Å². The summed E-state index contributed by atoms with van der Waals surface area (Å²) in [6.45, 7) is 8.07. The lowest BCUT2D eigenvalue weighted by atomic mass is 10.3. The maximum Gasteiger partial charge on any atom is 0.207 e. The molecule has 0 aromatic rings. The van der Waals surface area contributed by atoms with E-state index in [4.69, 9.17) is 5.73 Å². The van der Waals surface area contributed by atoms with E-state index in [0.717, 1.165) is 19.3 Å². The second kappa shape index (κ2) is 10.4. The number of carbonyl (C=O) groups excluding carboxylic acids is 1. The molecule has 0 saturated carbocycles. The van der Waals surface area contributed by atoms with E-state index in [9.17, 15) is 4.79 Å². The molecular weight excluding hydrogens is 152 g/mol. The summed E-state index contributed by atoms with van der Waals surface area (Å²) in [6, 6.07) is 0.715. The van der Waals surface area contributed by atoms with Gasteiger partial charge in [0, 0.05) is 12.1 Å². The summed E-state index contributed by atoms with van der Waals surface area (Å²) in [6.07, 6.45) is 2.81. The van der Waals surface area contributed by atoms with Crippen molar-refractivity contribution in [1.82, 2.24) is 5.32 Å². The molecular formula is C9H22N2O. The standard InChI is InChI=1S/C5H11NO.C4H11N/c1-3-5(2)6-4-7;1-3-4(2)5/h4-5H,3H2,1-2H3,(H,6,7);4H,3,5H2,1-2H3. The largest absolute Gasteiger partial charge is 0.356 e. The van der Waals surface area contributed by atoms with E-state index in [-0.39, 0.29) is 0 Å². The van der Waals surface area contributed by atoms with Crippen molar-refractivity contribution in [3.63, 3.8) is 0 Å². The number of carbonyl (C=O) groups is 1. The molecule has 0 radical (unpaired) electrons. The van der Waals surface area contributed by atoms with Crippen molar-refractivity contribution in [2.24, 2.45) is 5.73 Å². The van der Waals surface area contributed by atoms with Crippen LogP contribution in [0.15, 0.2) is 0 Å². The van der Waals surface area contributed by atoms with Crippen molar-refractivity contribution < 1.29 is 4.79 Å². The van der Waals surface area contributed by atoms with Gasteiger partial charge >= 0.3 is 0 Å². The third kappa shape index (κ3) is 16.2. The van der Waals surface area contributed by atoms with Crippen molar-refractivity contribution in [3.8, 4) is 0 Å². The first kappa shape index (κ1) is 14.0. The van der Waals surface area contributed by atoms with Crippen LogP contribution in [0.5, 0.6) is 0 Å². The van der Waals surface area contributed by atoms with E-state index >= 15 is 0 Å². The monoisotopic (exact) mass is 174 g/mol. The number of hydrogen-bond acceptors (Lipinski definition) is 2. The zero-order chi connectivity index (χ0) is 9.98. The Balaban J connectivity index is 0. The van der Waals surface area contributed by atoms with Crippen LogP contribution in [-0.2, 0) is 4.79 Å². The van der Waals surface area contributed by atoms with Crippen LogP contribution in [0.2, 0.25) is 0 Å². The minimum Gasteiger partial charge on any atom is -0.356 e. The zero-order valence-corrected chi connectivity index (χ0v) is 8.63. The van der Waals surface area contributed by atoms with Gasteiger partial charge in [0.1, 0.15) is 0 Å². The van der Waals surface area contributed by atoms with Gasteiger partial charge in [-0.25, -0.2) is 0 Å². The molecule has 12 heavy (non-hydrogen) atoms. The molecule has 0 fully saturated rings. The molecule has 3 N–H and O–H groups in total. The fourth-order valence-electron chi connectivity index (χ4n) is 0.234. The minimum atomic E-state index is 0.331. The van der Waals surface area contributed by atoms with Gasteiger partial charge in [-0.05, 0) is 26.7 Å². The minimum absolute atomic E-state index is 0.331. The van der Waals surface area contributed by atoms with Crippen LogP contribution >= 0.6 is 0 Å². The number of nitrogens with two attached hydrogens (primary N) is 1. The van der Waals surface area contributed by atoms with Gasteiger partial charge in [0.15, 0.2) is 0 Å². The van der Waals surface area contributed by atoms with E-state index in [0.29, 0.717) is 12.1 Å². The van der Waals surface area contributed by atoms with Crippen LogP contribution in [-0.4, -0.2) is 18.5 Å². The van der Waals surface area contributed by atoms with Gasteiger partial charge in [0.05, 0.1) is 0 Å². The first-order chi connectivity index (χ1) is 5.58. The number of nitrogens with one attached hydrogen (secondary N) is 1. The molecule has 0 saturated heterocycles.